The molecular formula is C17H23ClN4O2S. The zero-order valence-corrected chi connectivity index (χ0v) is 16.3. The van der Waals surface area contributed by atoms with E-state index in [2.05, 4.69) is 20.2 Å². The van der Waals surface area contributed by atoms with Crippen molar-refractivity contribution in [1.82, 2.24) is 10.3 Å². The summed E-state index contributed by atoms with van der Waals surface area (Å²) < 4.78 is 5.63. The summed E-state index contributed by atoms with van der Waals surface area (Å²) in [4.78, 5) is 23.5. The number of halogens is 1. The summed E-state index contributed by atoms with van der Waals surface area (Å²) in [6, 6.07) is -0.0399. The SMILES string of the molecule is CCC1=C(Cl)N=C(C(=O)N[C@@H]2CCN(c3nc(C)cs3)C[C@@H]2OC)C1. The molecule has 136 valence electrons. The van der Waals surface area contributed by atoms with Gasteiger partial charge in [0.2, 0.25) is 0 Å². The van der Waals surface area contributed by atoms with Crippen molar-refractivity contribution in [3.05, 3.63) is 21.8 Å². The third kappa shape index (κ3) is 4.04. The first kappa shape index (κ1) is 18.4. The molecule has 0 saturated carbocycles. The normalized spacial score (nSPS) is 23.8. The Morgan fingerprint density at radius 3 is 2.96 bits per heavy atom. The van der Waals surface area contributed by atoms with Gasteiger partial charge in [0.15, 0.2) is 5.13 Å². The second kappa shape index (κ2) is 7.85. The van der Waals surface area contributed by atoms with Gasteiger partial charge in [0.25, 0.3) is 5.91 Å². The summed E-state index contributed by atoms with van der Waals surface area (Å²) in [5.41, 5.74) is 2.54. The number of allylic oxidation sites excluding steroid dienone is 1. The van der Waals surface area contributed by atoms with E-state index in [1.54, 1.807) is 18.4 Å². The highest BCUT2D eigenvalue weighted by Gasteiger charge is 2.33. The number of aryl methyl sites for hydroxylation is 1. The lowest BCUT2D eigenvalue weighted by atomic mass is 10.0. The van der Waals surface area contributed by atoms with Crippen LogP contribution in [0, 0.1) is 6.92 Å². The van der Waals surface area contributed by atoms with E-state index in [1.165, 1.54) is 0 Å². The largest absolute Gasteiger partial charge is 0.377 e. The Bertz CT molecular complexity index is 715. The fraction of sp³-hybridized carbons (Fsp3) is 0.588. The monoisotopic (exact) mass is 382 g/mol. The lowest BCUT2D eigenvalue weighted by Gasteiger charge is -2.37. The molecule has 3 rings (SSSR count). The smallest absolute Gasteiger partial charge is 0.266 e. The summed E-state index contributed by atoms with van der Waals surface area (Å²) in [6.07, 6.45) is 2.07. The van der Waals surface area contributed by atoms with Crippen molar-refractivity contribution in [3.8, 4) is 0 Å². The highest BCUT2D eigenvalue weighted by molar-refractivity contribution is 7.13. The number of hydrogen-bond donors (Lipinski definition) is 1. The van der Waals surface area contributed by atoms with Gasteiger partial charge in [-0.3, -0.25) is 4.79 Å². The van der Waals surface area contributed by atoms with E-state index < -0.39 is 0 Å². The van der Waals surface area contributed by atoms with Crippen molar-refractivity contribution >= 4 is 39.7 Å². The fourth-order valence-electron chi connectivity index (χ4n) is 3.15. The van der Waals surface area contributed by atoms with Gasteiger partial charge >= 0.3 is 0 Å². The molecule has 0 bridgehead atoms. The third-order valence-corrected chi connectivity index (χ3v) is 6.02. The molecule has 6 nitrogen and oxygen atoms in total. The van der Waals surface area contributed by atoms with E-state index in [9.17, 15) is 4.79 Å². The first-order valence-corrected chi connectivity index (χ1v) is 9.73. The predicted molar refractivity (Wildman–Crippen MR) is 102 cm³/mol. The molecule has 0 aliphatic carbocycles. The van der Waals surface area contributed by atoms with Gasteiger partial charge in [-0.15, -0.1) is 11.3 Å². The highest BCUT2D eigenvalue weighted by Crippen LogP contribution is 2.27. The standard InChI is InChI=1S/C17H23ClN4O2S/c1-4-11-7-13(20-15(11)18)16(23)21-12-5-6-22(8-14(12)24-3)17-19-10(2)9-25-17/h9,12,14H,4-8H2,1-3H3,(H,21,23)/t12-,14+/m1/s1. The minimum atomic E-state index is -0.146. The fourth-order valence-corrected chi connectivity index (χ4v) is 4.29. The van der Waals surface area contributed by atoms with Gasteiger partial charge in [0.1, 0.15) is 10.9 Å². The van der Waals surface area contributed by atoms with Crippen LogP contribution < -0.4 is 10.2 Å². The number of aromatic nitrogens is 1. The quantitative estimate of drug-likeness (QED) is 0.795. The first-order chi connectivity index (χ1) is 12.0. The van der Waals surface area contributed by atoms with Crippen molar-refractivity contribution in [2.24, 2.45) is 4.99 Å². The summed E-state index contributed by atoms with van der Waals surface area (Å²) >= 11 is 7.72. The maximum atomic E-state index is 12.5. The van der Waals surface area contributed by atoms with Gasteiger partial charge in [-0.1, -0.05) is 18.5 Å². The van der Waals surface area contributed by atoms with Crippen LogP contribution in [0.1, 0.15) is 31.9 Å². The lowest BCUT2D eigenvalue weighted by Crippen LogP contribution is -2.55. The lowest BCUT2D eigenvalue weighted by molar-refractivity contribution is -0.116. The van der Waals surface area contributed by atoms with Crippen molar-refractivity contribution in [3.63, 3.8) is 0 Å². The van der Waals surface area contributed by atoms with E-state index in [4.69, 9.17) is 16.3 Å². The average Bonchev–Trinajstić information content (AvgIpc) is 3.20. The minimum Gasteiger partial charge on any atom is -0.377 e. The summed E-state index contributed by atoms with van der Waals surface area (Å²) in [7, 11) is 1.68. The molecule has 1 N–H and O–H groups in total. The molecule has 2 aliphatic rings. The van der Waals surface area contributed by atoms with Gasteiger partial charge < -0.3 is 15.0 Å². The molecule has 0 unspecified atom stereocenters. The van der Waals surface area contributed by atoms with E-state index in [0.29, 0.717) is 23.8 Å². The van der Waals surface area contributed by atoms with Crippen LogP contribution in [0.3, 0.4) is 0 Å². The Morgan fingerprint density at radius 1 is 1.56 bits per heavy atom. The van der Waals surface area contributed by atoms with Gasteiger partial charge in [0.05, 0.1) is 17.8 Å². The second-order valence-electron chi connectivity index (χ2n) is 6.34. The molecule has 2 aliphatic heterocycles. The van der Waals surface area contributed by atoms with Crippen LogP contribution in [0.25, 0.3) is 0 Å². The van der Waals surface area contributed by atoms with Crippen LogP contribution in [-0.2, 0) is 9.53 Å². The van der Waals surface area contributed by atoms with Gasteiger partial charge in [0, 0.05) is 32.0 Å². The Morgan fingerprint density at radius 2 is 2.36 bits per heavy atom. The van der Waals surface area contributed by atoms with E-state index >= 15 is 0 Å². The van der Waals surface area contributed by atoms with E-state index in [0.717, 1.165) is 35.8 Å². The van der Waals surface area contributed by atoms with Crippen molar-refractivity contribution < 1.29 is 9.53 Å². The molecule has 1 saturated heterocycles. The van der Waals surface area contributed by atoms with Crippen molar-refractivity contribution in [1.29, 1.82) is 0 Å². The van der Waals surface area contributed by atoms with Crippen molar-refractivity contribution in [2.45, 2.75) is 45.3 Å². The number of aliphatic imine (C=N–C) groups is 1. The number of nitrogens with zero attached hydrogens (tertiary/aromatic N) is 3. The molecule has 1 fully saturated rings. The van der Waals surface area contributed by atoms with Gasteiger partial charge in [-0.2, -0.15) is 0 Å². The number of carbonyl (C=O) groups is 1. The Kier molecular flexibility index (Phi) is 5.76. The summed E-state index contributed by atoms with van der Waals surface area (Å²) in [5, 5.41) is 6.60. The maximum absolute atomic E-state index is 12.5. The Balaban J connectivity index is 1.60. The number of amides is 1. The van der Waals surface area contributed by atoms with Crippen LogP contribution in [0.2, 0.25) is 0 Å². The maximum Gasteiger partial charge on any atom is 0.266 e. The average molecular weight is 383 g/mol. The molecule has 0 spiro atoms. The number of nitrogens with one attached hydrogen (secondary N) is 1. The number of carbonyl (C=O) groups excluding carboxylic acids is 1. The Labute approximate surface area is 156 Å². The molecular weight excluding hydrogens is 360 g/mol. The molecule has 3 heterocycles. The van der Waals surface area contributed by atoms with E-state index in [1.807, 2.05) is 19.2 Å². The molecule has 0 radical (unpaired) electrons. The number of piperidine rings is 1. The molecule has 8 heteroatoms. The first-order valence-electron chi connectivity index (χ1n) is 8.47. The zero-order chi connectivity index (χ0) is 18.0. The molecule has 25 heavy (non-hydrogen) atoms. The summed E-state index contributed by atoms with van der Waals surface area (Å²) in [5.74, 6) is -0.146. The van der Waals surface area contributed by atoms with Gasteiger partial charge in [-0.05, 0) is 25.3 Å². The van der Waals surface area contributed by atoms with Crippen LogP contribution >= 0.6 is 22.9 Å². The topological polar surface area (TPSA) is 66.8 Å². The molecule has 1 amide bonds. The third-order valence-electron chi connectivity index (χ3n) is 4.65. The minimum absolute atomic E-state index is 0.0399. The molecule has 0 aromatic carbocycles. The second-order valence-corrected chi connectivity index (χ2v) is 7.54. The van der Waals surface area contributed by atoms with Crippen molar-refractivity contribution in [2.75, 3.05) is 25.1 Å². The number of ether oxygens (including phenoxy) is 1. The number of thiazole rings is 1. The Hall–Kier alpha value is -1.44. The van der Waals surface area contributed by atoms with Crippen LogP contribution in [0.15, 0.2) is 21.1 Å². The highest BCUT2D eigenvalue weighted by atomic mass is 35.5. The van der Waals surface area contributed by atoms with Gasteiger partial charge in [-0.25, -0.2) is 9.98 Å². The number of hydrogen-bond acceptors (Lipinski definition) is 6. The molecule has 2 atom stereocenters. The molecule has 1 aromatic rings. The van der Waals surface area contributed by atoms with Crippen LogP contribution in [0.4, 0.5) is 5.13 Å². The number of methoxy groups -OCH3 is 1. The van der Waals surface area contributed by atoms with Crippen LogP contribution in [-0.4, -0.2) is 48.9 Å². The van der Waals surface area contributed by atoms with Crippen LogP contribution in [0.5, 0.6) is 0 Å². The predicted octanol–water partition coefficient (Wildman–Crippen LogP) is 2.87. The number of anilines is 1. The number of rotatable bonds is 5. The molecule has 1 aromatic heterocycles. The van der Waals surface area contributed by atoms with E-state index in [-0.39, 0.29) is 18.1 Å². The summed E-state index contributed by atoms with van der Waals surface area (Å²) in [6.45, 7) is 5.56. The zero-order valence-electron chi connectivity index (χ0n) is 14.7.